The van der Waals surface area contributed by atoms with Crippen LogP contribution >= 0.6 is 0 Å². The number of hydrogen-bond acceptors (Lipinski definition) is 2. The highest BCUT2D eigenvalue weighted by Crippen LogP contribution is 2.38. The molecule has 0 aromatic rings. The maximum atomic E-state index is 12.2. The molecule has 3 nitrogen and oxygen atoms in total. The van der Waals surface area contributed by atoms with Crippen LogP contribution in [0, 0.1) is 17.8 Å². The van der Waals surface area contributed by atoms with Gasteiger partial charge in [-0.2, -0.15) is 0 Å². The molecule has 18 heavy (non-hydrogen) atoms. The molecular weight excluding hydrogens is 226 g/mol. The van der Waals surface area contributed by atoms with E-state index in [0.29, 0.717) is 11.8 Å². The van der Waals surface area contributed by atoms with E-state index < -0.39 is 0 Å². The molecular formula is C15H27NO2. The molecule has 0 aromatic heterocycles. The van der Waals surface area contributed by atoms with E-state index in [1.165, 1.54) is 25.7 Å². The summed E-state index contributed by atoms with van der Waals surface area (Å²) < 4.78 is 5.51. The molecule has 2 fully saturated rings. The highest BCUT2D eigenvalue weighted by molar-refractivity contribution is 5.68. The summed E-state index contributed by atoms with van der Waals surface area (Å²) in [5.74, 6) is 2.13. The Labute approximate surface area is 111 Å². The Morgan fingerprint density at radius 2 is 1.61 bits per heavy atom. The zero-order valence-electron chi connectivity index (χ0n) is 12.2. The molecule has 0 radical (unpaired) electrons. The van der Waals surface area contributed by atoms with Gasteiger partial charge in [-0.05, 0) is 51.4 Å². The Bertz CT molecular complexity index is 292. The summed E-state index contributed by atoms with van der Waals surface area (Å²) in [5, 5.41) is 0. The molecule has 0 N–H and O–H groups in total. The predicted octanol–water partition coefficient (Wildman–Crippen LogP) is 3.68. The monoisotopic (exact) mass is 253 g/mol. The Morgan fingerprint density at radius 1 is 1.11 bits per heavy atom. The van der Waals surface area contributed by atoms with Crippen molar-refractivity contribution in [3.05, 3.63) is 0 Å². The van der Waals surface area contributed by atoms with Gasteiger partial charge in [0, 0.05) is 13.1 Å². The fraction of sp³-hybridized carbons (Fsp3) is 0.933. The smallest absolute Gasteiger partial charge is 0.410 e. The highest BCUT2D eigenvalue weighted by atomic mass is 16.6. The fourth-order valence-corrected chi connectivity index (χ4v) is 3.36. The summed E-state index contributed by atoms with van der Waals surface area (Å²) in [6.45, 7) is 9.96. The quantitative estimate of drug-likeness (QED) is 0.659. The standard InChI is InChI=1S/C15H27NO2/c1-11-12-7-5-6-8-13(11)10-16(9-12)14(17)18-15(2,3)4/h11-13H,5-10H2,1-4H3. The van der Waals surface area contributed by atoms with E-state index in [2.05, 4.69) is 6.92 Å². The minimum Gasteiger partial charge on any atom is -0.444 e. The molecule has 2 atom stereocenters. The Morgan fingerprint density at radius 3 is 2.06 bits per heavy atom. The van der Waals surface area contributed by atoms with Gasteiger partial charge in [-0.15, -0.1) is 0 Å². The number of piperidine rings is 1. The Kier molecular flexibility index (Phi) is 3.88. The first-order valence-corrected chi connectivity index (χ1v) is 7.35. The lowest BCUT2D eigenvalue weighted by molar-refractivity contribution is 0.000322. The molecule has 3 heteroatoms. The molecule has 1 aliphatic heterocycles. The van der Waals surface area contributed by atoms with E-state index in [0.717, 1.165) is 19.0 Å². The molecule has 104 valence electrons. The van der Waals surface area contributed by atoms with Crippen molar-refractivity contribution in [2.75, 3.05) is 13.1 Å². The van der Waals surface area contributed by atoms with Crippen LogP contribution < -0.4 is 0 Å². The third-order valence-corrected chi connectivity index (χ3v) is 4.45. The largest absolute Gasteiger partial charge is 0.444 e. The number of rotatable bonds is 0. The topological polar surface area (TPSA) is 29.5 Å². The summed E-state index contributed by atoms with van der Waals surface area (Å²) in [4.78, 5) is 14.1. The van der Waals surface area contributed by atoms with Crippen LogP contribution in [0.15, 0.2) is 0 Å². The molecule has 1 heterocycles. The summed E-state index contributed by atoms with van der Waals surface area (Å²) in [5.41, 5.74) is -0.384. The third-order valence-electron chi connectivity index (χ3n) is 4.45. The minimum absolute atomic E-state index is 0.119. The number of fused-ring (bicyclic) bond motifs is 2. The van der Waals surface area contributed by atoms with Gasteiger partial charge < -0.3 is 9.64 Å². The molecule has 2 unspecified atom stereocenters. The number of hydrogen-bond donors (Lipinski definition) is 0. The molecule has 2 aliphatic rings. The van der Waals surface area contributed by atoms with Crippen LogP contribution in [0.3, 0.4) is 0 Å². The first-order chi connectivity index (χ1) is 8.37. The molecule has 2 bridgehead atoms. The normalized spacial score (nSPS) is 32.9. The maximum Gasteiger partial charge on any atom is 0.410 e. The van der Waals surface area contributed by atoms with Gasteiger partial charge in [0.15, 0.2) is 0 Å². The fourth-order valence-electron chi connectivity index (χ4n) is 3.36. The minimum atomic E-state index is -0.384. The number of likely N-dealkylation sites (tertiary alicyclic amines) is 1. The van der Waals surface area contributed by atoms with Crippen molar-refractivity contribution in [2.45, 2.75) is 59.0 Å². The number of nitrogens with zero attached hydrogens (tertiary/aromatic N) is 1. The molecule has 1 amide bonds. The van der Waals surface area contributed by atoms with Crippen LogP contribution in [-0.2, 0) is 4.74 Å². The zero-order valence-corrected chi connectivity index (χ0v) is 12.2. The van der Waals surface area contributed by atoms with Crippen molar-refractivity contribution in [2.24, 2.45) is 17.8 Å². The van der Waals surface area contributed by atoms with Gasteiger partial charge in [0.25, 0.3) is 0 Å². The molecule has 1 aliphatic carbocycles. The first-order valence-electron chi connectivity index (χ1n) is 7.35. The Hall–Kier alpha value is -0.730. The van der Waals surface area contributed by atoms with Crippen LogP contribution in [0.25, 0.3) is 0 Å². The first kappa shape index (κ1) is 13.7. The second-order valence-electron chi connectivity index (χ2n) is 7.05. The van der Waals surface area contributed by atoms with Gasteiger partial charge in [-0.1, -0.05) is 19.8 Å². The van der Waals surface area contributed by atoms with Gasteiger partial charge in [0.05, 0.1) is 0 Å². The van der Waals surface area contributed by atoms with Gasteiger partial charge in [0.2, 0.25) is 0 Å². The highest BCUT2D eigenvalue weighted by Gasteiger charge is 2.38. The summed E-state index contributed by atoms with van der Waals surface area (Å²) >= 11 is 0. The van der Waals surface area contributed by atoms with Crippen LogP contribution in [0.2, 0.25) is 0 Å². The van der Waals surface area contributed by atoms with Crippen molar-refractivity contribution in [1.29, 1.82) is 0 Å². The van der Waals surface area contributed by atoms with E-state index in [4.69, 9.17) is 4.74 Å². The number of amides is 1. The molecule has 1 saturated heterocycles. The lowest BCUT2D eigenvalue weighted by Crippen LogP contribution is -2.48. The van der Waals surface area contributed by atoms with Crippen LogP contribution in [0.1, 0.15) is 53.4 Å². The third kappa shape index (κ3) is 3.18. The summed E-state index contributed by atoms with van der Waals surface area (Å²) in [7, 11) is 0. The average Bonchev–Trinajstić information content (AvgIpc) is 2.36. The van der Waals surface area contributed by atoms with Crippen molar-refractivity contribution < 1.29 is 9.53 Å². The molecule has 0 spiro atoms. The Balaban J connectivity index is 2.01. The lowest BCUT2D eigenvalue weighted by Gasteiger charge is -2.41. The van der Waals surface area contributed by atoms with Crippen LogP contribution in [0.5, 0.6) is 0 Å². The molecule has 2 rings (SSSR count). The molecule has 1 saturated carbocycles. The van der Waals surface area contributed by atoms with E-state index in [9.17, 15) is 4.79 Å². The van der Waals surface area contributed by atoms with E-state index >= 15 is 0 Å². The van der Waals surface area contributed by atoms with Crippen LogP contribution in [-0.4, -0.2) is 29.7 Å². The van der Waals surface area contributed by atoms with Crippen molar-refractivity contribution in [3.63, 3.8) is 0 Å². The van der Waals surface area contributed by atoms with Gasteiger partial charge in [0.1, 0.15) is 5.60 Å². The van der Waals surface area contributed by atoms with E-state index in [-0.39, 0.29) is 11.7 Å². The van der Waals surface area contributed by atoms with E-state index in [1.807, 2.05) is 25.7 Å². The maximum absolute atomic E-state index is 12.2. The number of ether oxygens (including phenoxy) is 1. The van der Waals surface area contributed by atoms with Crippen LogP contribution in [0.4, 0.5) is 4.79 Å². The van der Waals surface area contributed by atoms with Gasteiger partial charge in [-0.3, -0.25) is 0 Å². The van der Waals surface area contributed by atoms with E-state index in [1.54, 1.807) is 0 Å². The van der Waals surface area contributed by atoms with Crippen molar-refractivity contribution in [1.82, 2.24) is 4.90 Å². The average molecular weight is 253 g/mol. The SMILES string of the molecule is CC1C2CCCCC1CN(C(=O)OC(C)(C)C)C2. The summed E-state index contributed by atoms with van der Waals surface area (Å²) in [6.07, 6.45) is 5.08. The number of carbonyl (C=O) groups excluding carboxylic acids is 1. The predicted molar refractivity (Wildman–Crippen MR) is 72.4 cm³/mol. The summed E-state index contributed by atoms with van der Waals surface area (Å²) in [6, 6.07) is 0. The zero-order chi connectivity index (χ0) is 13.3. The van der Waals surface area contributed by atoms with Gasteiger partial charge in [-0.25, -0.2) is 4.79 Å². The number of carbonyl (C=O) groups is 1. The second-order valence-corrected chi connectivity index (χ2v) is 7.05. The lowest BCUT2D eigenvalue weighted by atomic mass is 9.78. The molecule has 0 aromatic carbocycles. The van der Waals surface area contributed by atoms with Crippen molar-refractivity contribution >= 4 is 6.09 Å². The van der Waals surface area contributed by atoms with Crippen molar-refractivity contribution in [3.8, 4) is 0 Å². The van der Waals surface area contributed by atoms with Gasteiger partial charge >= 0.3 is 6.09 Å². The second kappa shape index (κ2) is 5.10.